The summed E-state index contributed by atoms with van der Waals surface area (Å²) in [7, 11) is 0. The average Bonchev–Trinajstić information content (AvgIpc) is 2.50. The molecule has 23 heavy (non-hydrogen) atoms. The van der Waals surface area contributed by atoms with E-state index in [1.807, 2.05) is 0 Å². The number of hydrogen-bond donors (Lipinski definition) is 0. The standard InChI is InChI=1S/C18H17Br4N/c1-3-17(13-7-5-11(19)9-15(13)21)23-18(4-2)14-8-6-12(20)10-16(14)22/h5-10,17H,3-4H2,1-2H3. The maximum absolute atomic E-state index is 5.06. The molecule has 0 spiro atoms. The second-order valence-corrected chi connectivity index (χ2v) is 8.68. The summed E-state index contributed by atoms with van der Waals surface area (Å²) < 4.78 is 4.29. The Morgan fingerprint density at radius 3 is 2.04 bits per heavy atom. The smallest absolute Gasteiger partial charge is 0.0760 e. The van der Waals surface area contributed by atoms with Gasteiger partial charge >= 0.3 is 0 Å². The van der Waals surface area contributed by atoms with E-state index in [4.69, 9.17) is 4.99 Å². The van der Waals surface area contributed by atoms with Crippen LogP contribution in [0.15, 0.2) is 59.3 Å². The van der Waals surface area contributed by atoms with Crippen LogP contribution in [0.25, 0.3) is 0 Å². The molecular weight excluding hydrogens is 550 g/mol. The summed E-state index contributed by atoms with van der Waals surface area (Å²) in [6.45, 7) is 4.32. The highest BCUT2D eigenvalue weighted by molar-refractivity contribution is 9.11. The first kappa shape index (κ1) is 19.4. The molecule has 0 aromatic heterocycles. The lowest BCUT2D eigenvalue weighted by molar-refractivity contribution is 0.696. The van der Waals surface area contributed by atoms with Crippen LogP contribution in [0.2, 0.25) is 0 Å². The van der Waals surface area contributed by atoms with Crippen molar-refractivity contribution in [2.24, 2.45) is 4.99 Å². The molecule has 0 heterocycles. The van der Waals surface area contributed by atoms with Gasteiger partial charge < -0.3 is 0 Å². The van der Waals surface area contributed by atoms with Gasteiger partial charge in [-0.15, -0.1) is 0 Å². The van der Waals surface area contributed by atoms with Crippen LogP contribution in [0.3, 0.4) is 0 Å². The van der Waals surface area contributed by atoms with Gasteiger partial charge in [0.05, 0.1) is 6.04 Å². The largest absolute Gasteiger partial charge is 0.281 e. The first-order valence-corrected chi connectivity index (χ1v) is 10.6. The molecule has 0 aliphatic rings. The topological polar surface area (TPSA) is 12.4 Å². The first-order valence-electron chi connectivity index (χ1n) is 7.43. The van der Waals surface area contributed by atoms with Crippen LogP contribution in [-0.2, 0) is 0 Å². The molecule has 0 bridgehead atoms. The third-order valence-electron chi connectivity index (χ3n) is 3.60. The minimum atomic E-state index is 0.142. The third-order valence-corrected chi connectivity index (χ3v) is 5.93. The van der Waals surface area contributed by atoms with Gasteiger partial charge in [-0.2, -0.15) is 0 Å². The summed E-state index contributed by atoms with van der Waals surface area (Å²) in [5, 5.41) is 0. The summed E-state index contributed by atoms with van der Waals surface area (Å²) in [5.74, 6) is 0. The molecule has 0 saturated heterocycles. The van der Waals surface area contributed by atoms with Crippen LogP contribution in [0, 0.1) is 0 Å². The Hall–Kier alpha value is 0.0300. The Bertz CT molecular complexity index is 725. The van der Waals surface area contributed by atoms with Crippen LogP contribution < -0.4 is 0 Å². The fourth-order valence-electron chi connectivity index (χ4n) is 2.42. The fourth-order valence-corrected chi connectivity index (χ4v) is 5.00. The maximum atomic E-state index is 5.06. The third kappa shape index (κ3) is 5.00. The predicted molar refractivity (Wildman–Crippen MR) is 114 cm³/mol. The van der Waals surface area contributed by atoms with E-state index < -0.39 is 0 Å². The average molecular weight is 567 g/mol. The van der Waals surface area contributed by atoms with Crippen molar-refractivity contribution >= 4 is 69.4 Å². The van der Waals surface area contributed by atoms with E-state index in [-0.39, 0.29) is 6.04 Å². The highest BCUT2D eigenvalue weighted by Gasteiger charge is 2.15. The van der Waals surface area contributed by atoms with Gasteiger partial charge in [-0.3, -0.25) is 4.99 Å². The highest BCUT2D eigenvalue weighted by atomic mass is 79.9. The van der Waals surface area contributed by atoms with Crippen molar-refractivity contribution in [2.75, 3.05) is 0 Å². The van der Waals surface area contributed by atoms with Gasteiger partial charge in [-0.05, 0) is 42.7 Å². The lowest BCUT2D eigenvalue weighted by Crippen LogP contribution is -2.05. The second-order valence-electron chi connectivity index (χ2n) is 5.14. The predicted octanol–water partition coefficient (Wildman–Crippen LogP) is 8.09. The van der Waals surface area contributed by atoms with Gasteiger partial charge in [0.15, 0.2) is 0 Å². The number of halogens is 4. The van der Waals surface area contributed by atoms with Crippen molar-refractivity contribution in [1.29, 1.82) is 0 Å². The van der Waals surface area contributed by atoms with Gasteiger partial charge in [0, 0.05) is 29.2 Å². The Balaban J connectivity index is 2.45. The number of nitrogens with zero attached hydrogens (tertiary/aromatic N) is 1. The molecule has 0 amide bonds. The molecule has 0 radical (unpaired) electrons. The van der Waals surface area contributed by atoms with Crippen molar-refractivity contribution in [3.63, 3.8) is 0 Å². The minimum Gasteiger partial charge on any atom is -0.281 e. The van der Waals surface area contributed by atoms with Crippen LogP contribution in [-0.4, -0.2) is 5.71 Å². The minimum absolute atomic E-state index is 0.142. The van der Waals surface area contributed by atoms with E-state index >= 15 is 0 Å². The Kier molecular flexibility index (Phi) is 7.52. The van der Waals surface area contributed by atoms with E-state index in [1.165, 1.54) is 5.56 Å². The van der Waals surface area contributed by atoms with Crippen LogP contribution in [0.4, 0.5) is 0 Å². The van der Waals surface area contributed by atoms with Crippen LogP contribution in [0.1, 0.15) is 43.9 Å². The summed E-state index contributed by atoms with van der Waals surface area (Å²) in [6, 6.07) is 12.7. The molecule has 122 valence electrons. The van der Waals surface area contributed by atoms with Crippen LogP contribution in [0.5, 0.6) is 0 Å². The molecule has 0 aliphatic heterocycles. The summed E-state index contributed by atoms with van der Waals surface area (Å²) in [5.41, 5.74) is 3.49. The zero-order valence-electron chi connectivity index (χ0n) is 12.9. The molecule has 5 heteroatoms. The molecule has 0 N–H and O–H groups in total. The summed E-state index contributed by atoms with van der Waals surface area (Å²) in [4.78, 5) is 5.06. The molecule has 0 fully saturated rings. The number of benzene rings is 2. The monoisotopic (exact) mass is 563 g/mol. The molecular formula is C18H17Br4N. The van der Waals surface area contributed by atoms with E-state index in [0.29, 0.717) is 0 Å². The fraction of sp³-hybridized carbons (Fsp3) is 0.278. The van der Waals surface area contributed by atoms with Gasteiger partial charge in [-0.1, -0.05) is 89.7 Å². The highest BCUT2D eigenvalue weighted by Crippen LogP contribution is 2.32. The van der Waals surface area contributed by atoms with Gasteiger partial charge in [0.1, 0.15) is 0 Å². The van der Waals surface area contributed by atoms with E-state index in [1.54, 1.807) is 0 Å². The molecule has 1 nitrogen and oxygen atoms in total. The quantitative estimate of drug-likeness (QED) is 0.324. The second kappa shape index (κ2) is 8.93. The number of rotatable bonds is 5. The lowest BCUT2D eigenvalue weighted by Gasteiger charge is -2.16. The van der Waals surface area contributed by atoms with Crippen molar-refractivity contribution in [1.82, 2.24) is 0 Å². The summed E-state index contributed by atoms with van der Waals surface area (Å²) in [6.07, 6.45) is 1.85. The molecule has 0 saturated carbocycles. The molecule has 2 rings (SSSR count). The van der Waals surface area contributed by atoms with Crippen molar-refractivity contribution in [3.05, 3.63) is 65.4 Å². The van der Waals surface area contributed by atoms with E-state index in [2.05, 4.69) is 114 Å². The lowest BCUT2D eigenvalue weighted by atomic mass is 10.0. The van der Waals surface area contributed by atoms with Gasteiger partial charge in [-0.25, -0.2) is 0 Å². The number of hydrogen-bond acceptors (Lipinski definition) is 1. The zero-order valence-corrected chi connectivity index (χ0v) is 19.3. The van der Waals surface area contributed by atoms with E-state index in [0.717, 1.165) is 42.0 Å². The molecule has 2 aromatic carbocycles. The zero-order chi connectivity index (χ0) is 17.0. The van der Waals surface area contributed by atoms with Crippen molar-refractivity contribution in [2.45, 2.75) is 32.7 Å². The SMILES string of the molecule is CCC(=NC(CC)c1ccc(Br)cc1Br)c1ccc(Br)cc1Br. The molecule has 0 aliphatic carbocycles. The molecule has 1 unspecified atom stereocenters. The Morgan fingerprint density at radius 1 is 0.913 bits per heavy atom. The Labute approximate surface area is 171 Å². The normalized spacial score (nSPS) is 13.2. The van der Waals surface area contributed by atoms with E-state index in [9.17, 15) is 0 Å². The number of aliphatic imine (C=N–C) groups is 1. The van der Waals surface area contributed by atoms with Crippen LogP contribution >= 0.6 is 63.7 Å². The first-order chi connectivity index (χ1) is 11.0. The van der Waals surface area contributed by atoms with Crippen molar-refractivity contribution < 1.29 is 0 Å². The maximum Gasteiger partial charge on any atom is 0.0760 e. The molecule has 2 aromatic rings. The Morgan fingerprint density at radius 2 is 1.52 bits per heavy atom. The molecule has 1 atom stereocenters. The van der Waals surface area contributed by atoms with Gasteiger partial charge in [0.2, 0.25) is 0 Å². The van der Waals surface area contributed by atoms with Gasteiger partial charge in [0.25, 0.3) is 0 Å². The van der Waals surface area contributed by atoms with Crippen molar-refractivity contribution in [3.8, 4) is 0 Å². The summed E-state index contributed by atoms with van der Waals surface area (Å²) >= 11 is 14.3.